The quantitative estimate of drug-likeness (QED) is 0.889. The number of nitrogens with one attached hydrogen (secondary N) is 1. The van der Waals surface area contributed by atoms with E-state index in [1.54, 1.807) is 6.07 Å². The molecule has 0 spiro atoms. The van der Waals surface area contributed by atoms with Gasteiger partial charge >= 0.3 is 0 Å². The third-order valence-electron chi connectivity index (χ3n) is 4.22. The van der Waals surface area contributed by atoms with E-state index in [2.05, 4.69) is 5.32 Å². The molecule has 1 aliphatic rings. The Morgan fingerprint density at radius 1 is 1.24 bits per heavy atom. The molecule has 0 saturated carbocycles. The normalized spacial score (nSPS) is 18.2. The number of fused-ring (bicyclic) bond motifs is 1. The topological polar surface area (TPSA) is 54.6 Å². The first-order valence-electron chi connectivity index (χ1n) is 7.28. The van der Waals surface area contributed by atoms with E-state index in [4.69, 9.17) is 9.15 Å². The highest BCUT2D eigenvalue weighted by atomic mass is 19.1. The minimum absolute atomic E-state index is 0.101. The monoisotopic (exact) mass is 293 g/mol. The van der Waals surface area contributed by atoms with Gasteiger partial charge in [-0.15, -0.1) is 0 Å². The lowest BCUT2D eigenvalue weighted by atomic mass is 9.81. The van der Waals surface area contributed by atoms with Crippen molar-refractivity contribution in [3.05, 3.63) is 35.8 Å². The molecule has 5 heteroatoms. The Labute approximate surface area is 122 Å². The second-order valence-electron chi connectivity index (χ2n) is 5.77. The van der Waals surface area contributed by atoms with Gasteiger partial charge in [-0.3, -0.25) is 0 Å². The second-order valence-corrected chi connectivity index (χ2v) is 5.77. The zero-order chi connectivity index (χ0) is 14.7. The highest BCUT2D eigenvalue weighted by Crippen LogP contribution is 2.29. The van der Waals surface area contributed by atoms with Crippen LogP contribution in [-0.2, 0) is 11.3 Å². The van der Waals surface area contributed by atoms with Crippen molar-refractivity contribution in [3.63, 3.8) is 0 Å². The summed E-state index contributed by atoms with van der Waals surface area (Å²) >= 11 is 0. The maximum Gasteiger partial charge on any atom is 0.134 e. The minimum Gasteiger partial charge on any atom is -0.460 e. The fourth-order valence-electron chi connectivity index (χ4n) is 2.80. The van der Waals surface area contributed by atoms with Crippen molar-refractivity contribution < 1.29 is 18.7 Å². The standard InChI is InChI=1S/C16H20FNO3/c17-13-1-2-15-12(7-13)8-14(21-15)9-18-10-16(11-19)3-5-20-6-4-16/h1-2,7-8,18-19H,3-6,9-11H2. The Kier molecular flexibility index (Phi) is 4.24. The minimum atomic E-state index is -0.260. The van der Waals surface area contributed by atoms with Crippen molar-refractivity contribution >= 4 is 11.0 Å². The lowest BCUT2D eigenvalue weighted by molar-refractivity contribution is -0.0155. The number of rotatable bonds is 5. The number of hydrogen-bond acceptors (Lipinski definition) is 4. The molecule has 0 atom stereocenters. The van der Waals surface area contributed by atoms with Crippen molar-refractivity contribution in [2.75, 3.05) is 26.4 Å². The zero-order valence-electron chi connectivity index (χ0n) is 11.9. The summed E-state index contributed by atoms with van der Waals surface area (Å²) in [5.74, 6) is 0.514. The van der Waals surface area contributed by atoms with Crippen LogP contribution in [0, 0.1) is 11.2 Å². The predicted octanol–water partition coefficient (Wildman–Crippen LogP) is 2.45. The predicted molar refractivity (Wildman–Crippen MR) is 77.5 cm³/mol. The Morgan fingerprint density at radius 3 is 2.81 bits per heavy atom. The lowest BCUT2D eigenvalue weighted by Gasteiger charge is -2.35. The number of hydrogen-bond donors (Lipinski definition) is 2. The largest absolute Gasteiger partial charge is 0.460 e. The number of benzene rings is 1. The number of ether oxygens (including phenoxy) is 1. The van der Waals surface area contributed by atoms with Crippen molar-refractivity contribution in [2.45, 2.75) is 19.4 Å². The number of aliphatic hydroxyl groups excluding tert-OH is 1. The van der Waals surface area contributed by atoms with Crippen LogP contribution in [0.4, 0.5) is 4.39 Å². The molecule has 1 saturated heterocycles. The molecule has 1 aromatic heterocycles. The molecule has 21 heavy (non-hydrogen) atoms. The molecule has 0 unspecified atom stereocenters. The van der Waals surface area contributed by atoms with E-state index in [1.165, 1.54) is 12.1 Å². The molecule has 0 aliphatic carbocycles. The van der Waals surface area contributed by atoms with Gasteiger partial charge in [0.05, 0.1) is 13.2 Å². The smallest absolute Gasteiger partial charge is 0.134 e. The average Bonchev–Trinajstić information content (AvgIpc) is 2.90. The van der Waals surface area contributed by atoms with E-state index in [1.807, 2.05) is 6.07 Å². The van der Waals surface area contributed by atoms with Crippen LogP contribution in [0.25, 0.3) is 11.0 Å². The van der Waals surface area contributed by atoms with E-state index < -0.39 is 0 Å². The van der Waals surface area contributed by atoms with Gasteiger partial charge in [-0.1, -0.05) is 0 Å². The first kappa shape index (κ1) is 14.5. The van der Waals surface area contributed by atoms with Gasteiger partial charge in [0.2, 0.25) is 0 Å². The third-order valence-corrected chi connectivity index (χ3v) is 4.22. The molecule has 114 valence electrons. The van der Waals surface area contributed by atoms with Crippen molar-refractivity contribution in [3.8, 4) is 0 Å². The molecule has 0 radical (unpaired) electrons. The zero-order valence-corrected chi connectivity index (χ0v) is 11.9. The first-order chi connectivity index (χ1) is 10.2. The molecule has 2 N–H and O–H groups in total. The van der Waals surface area contributed by atoms with Crippen LogP contribution in [0.15, 0.2) is 28.7 Å². The van der Waals surface area contributed by atoms with Crippen LogP contribution in [0.2, 0.25) is 0 Å². The molecule has 2 heterocycles. The summed E-state index contributed by atoms with van der Waals surface area (Å²) in [6.07, 6.45) is 1.73. The van der Waals surface area contributed by atoms with E-state index >= 15 is 0 Å². The van der Waals surface area contributed by atoms with Gasteiger partial charge in [0, 0.05) is 30.6 Å². The Morgan fingerprint density at radius 2 is 2.05 bits per heavy atom. The second kappa shape index (κ2) is 6.13. The van der Waals surface area contributed by atoms with Crippen molar-refractivity contribution in [1.29, 1.82) is 0 Å². The van der Waals surface area contributed by atoms with Crippen LogP contribution >= 0.6 is 0 Å². The average molecular weight is 293 g/mol. The van der Waals surface area contributed by atoms with Gasteiger partial charge in [-0.25, -0.2) is 4.39 Å². The molecule has 4 nitrogen and oxygen atoms in total. The van der Waals surface area contributed by atoms with Crippen molar-refractivity contribution in [1.82, 2.24) is 5.32 Å². The molecule has 3 rings (SSSR count). The Hall–Kier alpha value is -1.43. The summed E-state index contributed by atoms with van der Waals surface area (Å²) in [5, 5.41) is 13.7. The molecule has 2 aromatic rings. The lowest BCUT2D eigenvalue weighted by Crippen LogP contribution is -2.41. The maximum absolute atomic E-state index is 13.1. The summed E-state index contributed by atoms with van der Waals surface area (Å²) in [6, 6.07) is 6.35. The highest BCUT2D eigenvalue weighted by molar-refractivity contribution is 5.77. The molecule has 0 amide bonds. The Balaban J connectivity index is 1.60. The van der Waals surface area contributed by atoms with Gasteiger partial charge in [-0.05, 0) is 37.1 Å². The van der Waals surface area contributed by atoms with Crippen LogP contribution in [-0.4, -0.2) is 31.5 Å². The number of aliphatic hydroxyl groups is 1. The van der Waals surface area contributed by atoms with E-state index in [0.717, 1.165) is 30.5 Å². The van der Waals surface area contributed by atoms with Gasteiger partial charge in [0.1, 0.15) is 17.2 Å². The Bertz CT molecular complexity index is 605. The van der Waals surface area contributed by atoms with Gasteiger partial charge in [-0.2, -0.15) is 0 Å². The number of halogens is 1. The summed E-state index contributed by atoms with van der Waals surface area (Å²) in [5.41, 5.74) is 0.590. The van der Waals surface area contributed by atoms with Crippen LogP contribution in [0.1, 0.15) is 18.6 Å². The van der Waals surface area contributed by atoms with Crippen LogP contribution in [0.5, 0.6) is 0 Å². The molecule has 1 aliphatic heterocycles. The molecular formula is C16H20FNO3. The molecule has 0 bridgehead atoms. The van der Waals surface area contributed by atoms with Crippen molar-refractivity contribution in [2.24, 2.45) is 5.41 Å². The van der Waals surface area contributed by atoms with Crippen LogP contribution < -0.4 is 5.32 Å². The van der Waals surface area contributed by atoms with Gasteiger partial charge in [0.15, 0.2) is 0 Å². The first-order valence-corrected chi connectivity index (χ1v) is 7.28. The summed E-state index contributed by atoms with van der Waals surface area (Å²) in [4.78, 5) is 0. The molecular weight excluding hydrogens is 273 g/mol. The summed E-state index contributed by atoms with van der Waals surface area (Å²) < 4.78 is 24.2. The van der Waals surface area contributed by atoms with Crippen LogP contribution in [0.3, 0.4) is 0 Å². The summed E-state index contributed by atoms with van der Waals surface area (Å²) in [6.45, 7) is 2.85. The fraction of sp³-hybridized carbons (Fsp3) is 0.500. The number of furan rings is 1. The SMILES string of the molecule is OCC1(CNCc2cc3cc(F)ccc3o2)CCOCC1. The summed E-state index contributed by atoms with van der Waals surface area (Å²) in [7, 11) is 0. The molecule has 1 aromatic carbocycles. The van der Waals surface area contributed by atoms with E-state index in [9.17, 15) is 9.50 Å². The maximum atomic E-state index is 13.1. The molecule has 1 fully saturated rings. The third kappa shape index (κ3) is 3.26. The van der Waals surface area contributed by atoms with E-state index in [-0.39, 0.29) is 17.8 Å². The van der Waals surface area contributed by atoms with Gasteiger partial charge < -0.3 is 19.6 Å². The van der Waals surface area contributed by atoms with Gasteiger partial charge in [0.25, 0.3) is 0 Å². The van der Waals surface area contributed by atoms with E-state index in [0.29, 0.717) is 25.3 Å². The fourth-order valence-corrected chi connectivity index (χ4v) is 2.80. The highest BCUT2D eigenvalue weighted by Gasteiger charge is 2.31.